The van der Waals surface area contributed by atoms with Crippen molar-refractivity contribution >= 4 is 16.9 Å². The SMILES string of the molecule is CCC(NC(=O)c1cc(C2CC2)nc2c1cnn2-c1ccccc1F)c1ccccc1. The Morgan fingerprint density at radius 3 is 2.61 bits per heavy atom. The van der Waals surface area contributed by atoms with E-state index in [-0.39, 0.29) is 17.8 Å². The Morgan fingerprint density at radius 2 is 1.90 bits per heavy atom. The summed E-state index contributed by atoms with van der Waals surface area (Å²) in [6.45, 7) is 2.05. The van der Waals surface area contributed by atoms with Gasteiger partial charge < -0.3 is 5.32 Å². The highest BCUT2D eigenvalue weighted by molar-refractivity contribution is 6.06. The van der Waals surface area contributed by atoms with E-state index >= 15 is 0 Å². The summed E-state index contributed by atoms with van der Waals surface area (Å²) in [7, 11) is 0. The first-order valence-corrected chi connectivity index (χ1v) is 10.6. The van der Waals surface area contributed by atoms with Gasteiger partial charge in [0.05, 0.1) is 23.2 Å². The van der Waals surface area contributed by atoms with Crippen LogP contribution in [0.1, 0.15) is 59.8 Å². The Balaban J connectivity index is 1.58. The molecule has 1 atom stereocenters. The number of nitrogens with zero attached hydrogens (tertiary/aromatic N) is 3. The van der Waals surface area contributed by atoms with Crippen molar-refractivity contribution in [2.24, 2.45) is 0 Å². The van der Waals surface area contributed by atoms with Gasteiger partial charge in [0.15, 0.2) is 5.65 Å². The average molecular weight is 414 g/mol. The highest BCUT2D eigenvalue weighted by Crippen LogP contribution is 2.40. The molecule has 1 aliphatic rings. The van der Waals surface area contributed by atoms with Gasteiger partial charge in [-0.2, -0.15) is 5.10 Å². The van der Waals surface area contributed by atoms with Crippen LogP contribution in [0.15, 0.2) is 66.9 Å². The Labute approximate surface area is 179 Å². The van der Waals surface area contributed by atoms with Crippen LogP contribution in [0.25, 0.3) is 16.7 Å². The second kappa shape index (κ2) is 7.95. The second-order valence-corrected chi connectivity index (χ2v) is 7.96. The fourth-order valence-electron chi connectivity index (χ4n) is 3.94. The van der Waals surface area contributed by atoms with Crippen molar-refractivity contribution in [3.63, 3.8) is 0 Å². The van der Waals surface area contributed by atoms with E-state index in [1.165, 1.54) is 10.7 Å². The summed E-state index contributed by atoms with van der Waals surface area (Å²) in [5, 5.41) is 8.16. The fourth-order valence-corrected chi connectivity index (χ4v) is 3.94. The van der Waals surface area contributed by atoms with Gasteiger partial charge in [0.25, 0.3) is 5.91 Å². The summed E-state index contributed by atoms with van der Waals surface area (Å²) < 4.78 is 15.9. The number of nitrogens with one attached hydrogen (secondary N) is 1. The van der Waals surface area contributed by atoms with Gasteiger partial charge in [-0.3, -0.25) is 4.79 Å². The van der Waals surface area contributed by atoms with E-state index in [1.54, 1.807) is 24.4 Å². The molecule has 6 heteroatoms. The lowest BCUT2D eigenvalue weighted by atomic mass is 10.0. The summed E-state index contributed by atoms with van der Waals surface area (Å²) in [6.07, 6.45) is 4.47. The molecule has 1 N–H and O–H groups in total. The van der Waals surface area contributed by atoms with E-state index in [4.69, 9.17) is 4.98 Å². The van der Waals surface area contributed by atoms with Crippen molar-refractivity contribution in [1.82, 2.24) is 20.1 Å². The molecule has 0 bridgehead atoms. The first-order valence-electron chi connectivity index (χ1n) is 10.6. The number of hydrogen-bond acceptors (Lipinski definition) is 3. The van der Waals surface area contributed by atoms with Gasteiger partial charge in [0.1, 0.15) is 11.5 Å². The molecule has 156 valence electrons. The first kappa shape index (κ1) is 19.4. The summed E-state index contributed by atoms with van der Waals surface area (Å²) >= 11 is 0. The number of rotatable bonds is 6. The molecule has 4 aromatic rings. The van der Waals surface area contributed by atoms with Gasteiger partial charge in [0.2, 0.25) is 0 Å². The molecule has 1 unspecified atom stereocenters. The number of para-hydroxylation sites is 1. The fraction of sp³-hybridized carbons (Fsp3) is 0.240. The molecule has 0 spiro atoms. The van der Waals surface area contributed by atoms with Crippen LogP contribution in [0.2, 0.25) is 0 Å². The minimum atomic E-state index is -0.382. The maximum Gasteiger partial charge on any atom is 0.252 e. The number of amides is 1. The van der Waals surface area contributed by atoms with Gasteiger partial charge in [-0.25, -0.2) is 14.1 Å². The number of benzene rings is 2. The largest absolute Gasteiger partial charge is 0.345 e. The molecule has 1 saturated carbocycles. The van der Waals surface area contributed by atoms with Gasteiger partial charge >= 0.3 is 0 Å². The molecule has 2 aromatic carbocycles. The standard InChI is InChI=1S/C25H23FN4O/c1-2-21(16-8-4-3-5-9-16)29-25(31)18-14-22(17-12-13-17)28-24-19(18)15-27-30(24)23-11-7-6-10-20(23)26/h3-11,14-15,17,21H,2,12-13H2,1H3,(H,29,31). The number of hydrogen-bond donors (Lipinski definition) is 1. The van der Waals surface area contributed by atoms with E-state index in [9.17, 15) is 9.18 Å². The van der Waals surface area contributed by atoms with Crippen molar-refractivity contribution in [2.45, 2.75) is 38.1 Å². The lowest BCUT2D eigenvalue weighted by Crippen LogP contribution is -2.28. The van der Waals surface area contributed by atoms with E-state index in [0.717, 1.165) is 30.5 Å². The van der Waals surface area contributed by atoms with Crippen molar-refractivity contribution in [1.29, 1.82) is 0 Å². The van der Waals surface area contributed by atoms with Gasteiger partial charge in [-0.1, -0.05) is 49.4 Å². The summed E-state index contributed by atoms with van der Waals surface area (Å²) in [5.41, 5.74) is 3.29. The van der Waals surface area contributed by atoms with Gasteiger partial charge in [0, 0.05) is 11.6 Å². The molecular weight excluding hydrogens is 391 g/mol. The van der Waals surface area contributed by atoms with E-state index < -0.39 is 0 Å². The predicted octanol–water partition coefficient (Wildman–Crippen LogP) is 5.32. The van der Waals surface area contributed by atoms with Crippen molar-refractivity contribution in [2.75, 3.05) is 0 Å². The summed E-state index contributed by atoms with van der Waals surface area (Å²) in [6, 6.07) is 18.2. The maximum absolute atomic E-state index is 14.4. The first-order chi connectivity index (χ1) is 15.2. The monoisotopic (exact) mass is 414 g/mol. The third-order valence-electron chi connectivity index (χ3n) is 5.80. The molecule has 0 radical (unpaired) electrons. The number of halogens is 1. The van der Waals surface area contributed by atoms with Crippen LogP contribution in [0, 0.1) is 5.82 Å². The van der Waals surface area contributed by atoms with Crippen LogP contribution in [-0.4, -0.2) is 20.7 Å². The lowest BCUT2D eigenvalue weighted by molar-refractivity contribution is 0.0937. The normalized spacial score (nSPS) is 14.5. The number of pyridine rings is 1. The lowest BCUT2D eigenvalue weighted by Gasteiger charge is -2.18. The van der Waals surface area contributed by atoms with Crippen molar-refractivity contribution in [3.05, 3.63) is 89.5 Å². The highest BCUT2D eigenvalue weighted by Gasteiger charge is 2.29. The summed E-state index contributed by atoms with van der Waals surface area (Å²) in [4.78, 5) is 18.1. The Bertz CT molecular complexity index is 1250. The molecule has 1 fully saturated rings. The molecule has 1 amide bonds. The zero-order valence-corrected chi connectivity index (χ0v) is 17.3. The minimum Gasteiger partial charge on any atom is -0.345 e. The van der Waals surface area contributed by atoms with Crippen LogP contribution >= 0.6 is 0 Å². The molecule has 5 rings (SSSR count). The third-order valence-corrected chi connectivity index (χ3v) is 5.80. The van der Waals surface area contributed by atoms with Crippen molar-refractivity contribution < 1.29 is 9.18 Å². The Hall–Kier alpha value is -3.54. The van der Waals surface area contributed by atoms with Crippen LogP contribution < -0.4 is 5.32 Å². The van der Waals surface area contributed by atoms with Crippen LogP contribution in [0.5, 0.6) is 0 Å². The van der Waals surface area contributed by atoms with Gasteiger partial charge in [-0.15, -0.1) is 0 Å². The number of fused-ring (bicyclic) bond motifs is 1. The topological polar surface area (TPSA) is 59.8 Å². The zero-order valence-electron chi connectivity index (χ0n) is 17.3. The number of aromatic nitrogens is 3. The average Bonchev–Trinajstić information content (AvgIpc) is 3.57. The number of carbonyl (C=O) groups is 1. The Morgan fingerprint density at radius 1 is 1.16 bits per heavy atom. The summed E-state index contributed by atoms with van der Waals surface area (Å²) in [5.74, 6) is -0.207. The zero-order chi connectivity index (χ0) is 21.4. The molecule has 0 aliphatic heterocycles. The van der Waals surface area contributed by atoms with E-state index in [0.29, 0.717) is 28.2 Å². The second-order valence-electron chi connectivity index (χ2n) is 7.96. The molecular formula is C25H23FN4O. The van der Waals surface area contributed by atoms with Crippen LogP contribution in [-0.2, 0) is 0 Å². The van der Waals surface area contributed by atoms with Gasteiger partial charge in [-0.05, 0) is 43.0 Å². The van der Waals surface area contributed by atoms with E-state index in [1.807, 2.05) is 43.3 Å². The molecule has 2 heterocycles. The molecule has 1 aliphatic carbocycles. The third kappa shape index (κ3) is 3.69. The van der Waals surface area contributed by atoms with E-state index in [2.05, 4.69) is 10.4 Å². The quantitative estimate of drug-likeness (QED) is 0.465. The molecule has 31 heavy (non-hydrogen) atoms. The maximum atomic E-state index is 14.4. The minimum absolute atomic E-state index is 0.0945. The van der Waals surface area contributed by atoms with Crippen LogP contribution in [0.3, 0.4) is 0 Å². The smallest absolute Gasteiger partial charge is 0.252 e. The number of carbonyl (C=O) groups excluding carboxylic acids is 1. The van der Waals surface area contributed by atoms with Crippen LogP contribution in [0.4, 0.5) is 4.39 Å². The molecule has 2 aromatic heterocycles. The molecule has 0 saturated heterocycles. The highest BCUT2D eigenvalue weighted by atomic mass is 19.1. The van der Waals surface area contributed by atoms with Crippen molar-refractivity contribution in [3.8, 4) is 5.69 Å². The Kier molecular flexibility index (Phi) is 4.98. The predicted molar refractivity (Wildman–Crippen MR) is 118 cm³/mol. The molecule has 5 nitrogen and oxygen atoms in total.